The molecule has 0 bridgehead atoms. The maximum Gasteiger partial charge on any atom is 0.335 e. The minimum Gasteiger partial charge on any atom is -0.466 e. The van der Waals surface area contributed by atoms with E-state index in [1.807, 2.05) is 42.2 Å². The van der Waals surface area contributed by atoms with E-state index in [9.17, 15) is 9.59 Å². The summed E-state index contributed by atoms with van der Waals surface area (Å²) in [4.78, 5) is 37.1. The number of carbonyl (C=O) groups excluding carboxylic acids is 2. The van der Waals surface area contributed by atoms with Crippen molar-refractivity contribution in [1.82, 2.24) is 9.96 Å². The van der Waals surface area contributed by atoms with E-state index < -0.39 is 5.41 Å². The van der Waals surface area contributed by atoms with Gasteiger partial charge in [-0.1, -0.05) is 60.7 Å². The summed E-state index contributed by atoms with van der Waals surface area (Å²) in [5.41, 5.74) is 3.22. The summed E-state index contributed by atoms with van der Waals surface area (Å²) < 4.78 is 5.16. The standard InChI is InChI=1S/C31H37N3O4/c1-4-38-32(2)22-25(29(35)37-3)24-16-19-33-20-17-31(28(33)21-24)26-14-8-9-15-27(26)34(30(31)36)18-10-13-23-11-6-5-7-12-23/h5-15,22,24,28H,4,16-21H2,1-3H3/b13-10+,25-22-/t24?,28?,31-/m1/s1. The van der Waals surface area contributed by atoms with Gasteiger partial charge in [-0.2, -0.15) is 0 Å². The number of methoxy groups -OCH3 is 1. The fourth-order valence-corrected chi connectivity index (χ4v) is 6.60. The van der Waals surface area contributed by atoms with E-state index in [2.05, 4.69) is 41.3 Å². The van der Waals surface area contributed by atoms with Crippen LogP contribution in [-0.2, 0) is 24.6 Å². The van der Waals surface area contributed by atoms with Gasteiger partial charge in [0.2, 0.25) is 5.91 Å². The van der Waals surface area contributed by atoms with Gasteiger partial charge in [0, 0.05) is 31.5 Å². The third-order valence-corrected chi connectivity index (χ3v) is 8.29. The molecule has 0 N–H and O–H groups in total. The number of hydroxylamine groups is 2. The maximum atomic E-state index is 14.3. The van der Waals surface area contributed by atoms with Gasteiger partial charge in [-0.05, 0) is 62.4 Å². The summed E-state index contributed by atoms with van der Waals surface area (Å²) in [5, 5.41) is 1.58. The number of piperidine rings is 1. The Morgan fingerprint density at radius 1 is 1.13 bits per heavy atom. The third kappa shape index (κ3) is 4.65. The number of fused-ring (bicyclic) bond motifs is 4. The van der Waals surface area contributed by atoms with Crippen molar-refractivity contribution in [1.29, 1.82) is 0 Å². The molecule has 2 aromatic rings. The van der Waals surface area contributed by atoms with Gasteiger partial charge < -0.3 is 9.64 Å². The first kappa shape index (κ1) is 26.2. The molecule has 3 atom stereocenters. The Hall–Kier alpha value is -3.42. The largest absolute Gasteiger partial charge is 0.466 e. The highest BCUT2D eigenvalue weighted by Gasteiger charge is 2.61. The SMILES string of the molecule is CCON(C)/C=C(\C(=O)OC)C1CCN2CC[C@]3(C(=O)N(C/C=C/c4ccccc4)c4ccccc43)C2C1. The van der Waals surface area contributed by atoms with Crippen molar-refractivity contribution in [2.75, 3.05) is 45.3 Å². The smallest absolute Gasteiger partial charge is 0.335 e. The zero-order chi connectivity index (χ0) is 26.7. The first-order valence-corrected chi connectivity index (χ1v) is 13.5. The molecule has 0 saturated carbocycles. The van der Waals surface area contributed by atoms with Crippen molar-refractivity contribution in [3.8, 4) is 0 Å². The highest BCUT2D eigenvalue weighted by atomic mass is 16.7. The van der Waals surface area contributed by atoms with Crippen molar-refractivity contribution in [3.63, 3.8) is 0 Å². The van der Waals surface area contributed by atoms with Crippen LogP contribution in [0.2, 0.25) is 0 Å². The molecule has 2 unspecified atom stereocenters. The van der Waals surface area contributed by atoms with Crippen LogP contribution in [0.1, 0.15) is 37.3 Å². The molecule has 1 spiro atoms. The summed E-state index contributed by atoms with van der Waals surface area (Å²) >= 11 is 0. The second-order valence-electron chi connectivity index (χ2n) is 10.3. The third-order valence-electron chi connectivity index (χ3n) is 8.29. The molecule has 2 saturated heterocycles. The Bertz CT molecular complexity index is 1230. The van der Waals surface area contributed by atoms with Crippen LogP contribution in [0.15, 0.2) is 72.4 Å². The van der Waals surface area contributed by atoms with Crippen LogP contribution < -0.4 is 4.90 Å². The lowest BCUT2D eigenvalue weighted by atomic mass is 9.70. The molecular weight excluding hydrogens is 478 g/mol. The average Bonchev–Trinajstić information content (AvgIpc) is 3.44. The van der Waals surface area contributed by atoms with Crippen LogP contribution in [-0.4, -0.2) is 68.3 Å². The van der Waals surface area contributed by atoms with Crippen molar-refractivity contribution >= 4 is 23.6 Å². The lowest BCUT2D eigenvalue weighted by Crippen LogP contribution is -2.52. The van der Waals surface area contributed by atoms with Gasteiger partial charge in [-0.25, -0.2) is 4.79 Å². The minimum absolute atomic E-state index is 0.0171. The van der Waals surface area contributed by atoms with Crippen LogP contribution in [0.3, 0.4) is 0 Å². The van der Waals surface area contributed by atoms with E-state index in [1.54, 1.807) is 18.3 Å². The number of benzene rings is 2. The highest BCUT2D eigenvalue weighted by Crippen LogP contribution is 2.54. The van der Waals surface area contributed by atoms with Gasteiger partial charge in [0.15, 0.2) is 0 Å². The number of para-hydroxylation sites is 1. The number of nitrogens with zero attached hydrogens (tertiary/aromatic N) is 3. The topological polar surface area (TPSA) is 62.3 Å². The molecule has 3 aliphatic rings. The maximum absolute atomic E-state index is 14.3. The molecular formula is C31H37N3O4. The fraction of sp³-hybridized carbons (Fsp3) is 0.419. The van der Waals surface area contributed by atoms with E-state index in [-0.39, 0.29) is 23.8 Å². The molecule has 2 fully saturated rings. The Labute approximate surface area is 225 Å². The molecule has 0 aliphatic carbocycles. The van der Waals surface area contributed by atoms with Gasteiger partial charge >= 0.3 is 5.97 Å². The van der Waals surface area contributed by atoms with Crippen LogP contribution in [0.25, 0.3) is 6.08 Å². The summed E-state index contributed by atoms with van der Waals surface area (Å²) in [6.45, 7) is 4.65. The first-order chi connectivity index (χ1) is 18.5. The molecule has 0 aromatic heterocycles. The van der Waals surface area contributed by atoms with Crippen LogP contribution in [0, 0.1) is 5.92 Å². The molecule has 2 aromatic carbocycles. The van der Waals surface area contributed by atoms with Crippen molar-refractivity contribution < 1.29 is 19.2 Å². The van der Waals surface area contributed by atoms with Gasteiger partial charge in [0.25, 0.3) is 0 Å². The number of amides is 1. The molecule has 200 valence electrons. The number of carbonyl (C=O) groups is 2. The molecule has 3 aliphatic heterocycles. The van der Waals surface area contributed by atoms with Gasteiger partial charge in [-0.3, -0.25) is 19.6 Å². The average molecular weight is 516 g/mol. The predicted molar refractivity (Wildman–Crippen MR) is 148 cm³/mol. The molecule has 3 heterocycles. The Balaban J connectivity index is 1.45. The molecule has 1 amide bonds. The number of esters is 1. The monoisotopic (exact) mass is 515 g/mol. The predicted octanol–water partition coefficient (Wildman–Crippen LogP) is 4.41. The van der Waals surface area contributed by atoms with Gasteiger partial charge in [-0.15, -0.1) is 0 Å². The highest BCUT2D eigenvalue weighted by molar-refractivity contribution is 6.09. The quantitative estimate of drug-likeness (QED) is 0.295. The number of hydrogen-bond donors (Lipinski definition) is 0. The summed E-state index contributed by atoms with van der Waals surface area (Å²) in [6, 6.07) is 18.4. The van der Waals surface area contributed by atoms with Crippen LogP contribution in [0.4, 0.5) is 5.69 Å². The molecule has 5 rings (SSSR count). The zero-order valence-corrected chi connectivity index (χ0v) is 22.5. The van der Waals surface area contributed by atoms with E-state index in [1.165, 1.54) is 7.11 Å². The zero-order valence-electron chi connectivity index (χ0n) is 22.5. The fourth-order valence-electron chi connectivity index (χ4n) is 6.60. The molecule has 0 radical (unpaired) electrons. The summed E-state index contributed by atoms with van der Waals surface area (Å²) in [7, 11) is 3.21. The molecule has 7 heteroatoms. The minimum atomic E-state index is -0.608. The number of hydrogen-bond acceptors (Lipinski definition) is 6. The van der Waals surface area contributed by atoms with Gasteiger partial charge in [0.1, 0.15) is 0 Å². The molecule has 38 heavy (non-hydrogen) atoms. The van der Waals surface area contributed by atoms with E-state index in [0.717, 1.165) is 42.7 Å². The Morgan fingerprint density at radius 2 is 1.89 bits per heavy atom. The van der Waals surface area contributed by atoms with E-state index >= 15 is 0 Å². The lowest BCUT2D eigenvalue weighted by molar-refractivity contribution is -0.138. The normalized spacial score (nSPS) is 25.2. The van der Waals surface area contributed by atoms with Crippen LogP contribution >= 0.6 is 0 Å². The summed E-state index contributed by atoms with van der Waals surface area (Å²) in [6.07, 6.45) is 8.24. The van der Waals surface area contributed by atoms with E-state index in [0.29, 0.717) is 25.1 Å². The Morgan fingerprint density at radius 3 is 2.66 bits per heavy atom. The van der Waals surface area contributed by atoms with Crippen molar-refractivity contribution in [2.24, 2.45) is 5.92 Å². The Kier molecular flexibility index (Phi) is 7.68. The van der Waals surface area contributed by atoms with E-state index in [4.69, 9.17) is 9.57 Å². The van der Waals surface area contributed by atoms with Crippen molar-refractivity contribution in [2.45, 2.75) is 37.6 Å². The number of rotatable bonds is 8. The second kappa shape index (κ2) is 11.1. The van der Waals surface area contributed by atoms with Crippen molar-refractivity contribution in [3.05, 3.63) is 83.6 Å². The first-order valence-electron chi connectivity index (χ1n) is 13.5. The van der Waals surface area contributed by atoms with Gasteiger partial charge in [0.05, 0.1) is 24.7 Å². The summed E-state index contributed by atoms with van der Waals surface area (Å²) in [5.74, 6) is -0.193. The molecule has 7 nitrogen and oxygen atoms in total. The van der Waals surface area contributed by atoms with Crippen LogP contribution in [0.5, 0.6) is 0 Å². The lowest BCUT2D eigenvalue weighted by Gasteiger charge is -2.41. The number of anilines is 1. The number of ether oxygens (including phenoxy) is 1. The second-order valence-corrected chi connectivity index (χ2v) is 10.3.